The maximum absolute atomic E-state index is 13.3. The highest BCUT2D eigenvalue weighted by molar-refractivity contribution is 7.16. The van der Waals surface area contributed by atoms with Crippen LogP contribution in [0.3, 0.4) is 0 Å². The van der Waals surface area contributed by atoms with Crippen molar-refractivity contribution in [2.45, 2.75) is 51.6 Å². The largest absolute Gasteiger partial charge is 0.494 e. The first-order chi connectivity index (χ1) is 18.0. The molecule has 0 atom stereocenters. The van der Waals surface area contributed by atoms with Crippen LogP contribution in [0.25, 0.3) is 11.1 Å². The highest BCUT2D eigenvalue weighted by Gasteiger charge is 2.63. The van der Waals surface area contributed by atoms with Crippen LogP contribution < -0.4 is 10.1 Å². The maximum atomic E-state index is 13.3. The molecule has 0 radical (unpaired) electrons. The van der Waals surface area contributed by atoms with E-state index >= 15 is 0 Å². The number of nitrogens with one attached hydrogen (secondary N) is 1. The Morgan fingerprint density at radius 1 is 1.16 bits per heavy atom. The fourth-order valence-corrected chi connectivity index (χ4v) is 7.06. The van der Waals surface area contributed by atoms with E-state index in [9.17, 15) is 18.4 Å². The van der Waals surface area contributed by atoms with Crippen LogP contribution in [0.15, 0.2) is 24.5 Å². The molecule has 3 aliphatic rings. The number of rotatable bonds is 5. The van der Waals surface area contributed by atoms with Gasteiger partial charge < -0.3 is 9.64 Å². The number of aromatic nitrogens is 3. The van der Waals surface area contributed by atoms with Crippen molar-refractivity contribution < 1.29 is 23.1 Å². The summed E-state index contributed by atoms with van der Waals surface area (Å²) in [7, 11) is 1.52. The molecule has 12 heteroatoms. The summed E-state index contributed by atoms with van der Waals surface area (Å²) in [5.41, 5.74) is 2.66. The van der Waals surface area contributed by atoms with Gasteiger partial charge in [-0.05, 0) is 37.3 Å². The van der Waals surface area contributed by atoms with Gasteiger partial charge in [0, 0.05) is 41.8 Å². The number of fused-ring (bicyclic) bond motifs is 1. The molecule has 2 amide bonds. The Balaban J connectivity index is 1.14. The van der Waals surface area contributed by atoms with E-state index in [1.54, 1.807) is 17.0 Å². The normalized spacial score (nSPS) is 19.0. The molecule has 0 bridgehead atoms. The van der Waals surface area contributed by atoms with Gasteiger partial charge in [-0.2, -0.15) is 0 Å². The molecule has 6 rings (SSSR count). The number of alkyl halides is 2. The molecule has 0 aromatic carbocycles. The number of anilines is 1. The second-order valence-electron chi connectivity index (χ2n) is 10.4. The lowest BCUT2D eigenvalue weighted by Crippen LogP contribution is -2.56. The molecule has 0 saturated heterocycles. The second-order valence-corrected chi connectivity index (χ2v) is 11.9. The van der Waals surface area contributed by atoms with E-state index in [0.717, 1.165) is 10.6 Å². The summed E-state index contributed by atoms with van der Waals surface area (Å²) in [5, 5.41) is 3.55. The predicted octanol–water partition coefficient (Wildman–Crippen LogP) is 5.49. The molecule has 0 unspecified atom stereocenters. The second kappa shape index (κ2) is 8.94. The lowest BCUT2D eigenvalue weighted by atomic mass is 9.50. The molecular formula is C26H24ClF2N5O3S. The van der Waals surface area contributed by atoms with Crippen LogP contribution >= 0.6 is 22.9 Å². The highest BCUT2D eigenvalue weighted by atomic mass is 35.5. The molecule has 2 saturated carbocycles. The Morgan fingerprint density at radius 2 is 1.92 bits per heavy atom. The van der Waals surface area contributed by atoms with E-state index in [0.29, 0.717) is 59.2 Å². The van der Waals surface area contributed by atoms with Gasteiger partial charge in [0.2, 0.25) is 11.8 Å². The molecule has 38 heavy (non-hydrogen) atoms. The average Bonchev–Trinajstić information content (AvgIpc) is 3.39. The first-order valence-corrected chi connectivity index (χ1v) is 13.4. The number of amides is 2. The van der Waals surface area contributed by atoms with Crippen LogP contribution in [0.5, 0.6) is 5.75 Å². The smallest absolute Gasteiger partial charge is 0.259 e. The topological polar surface area (TPSA) is 97.3 Å². The number of hydrogen-bond acceptors (Lipinski definition) is 7. The third kappa shape index (κ3) is 4.41. The van der Waals surface area contributed by atoms with E-state index in [4.69, 9.17) is 16.3 Å². The zero-order chi connectivity index (χ0) is 26.8. The van der Waals surface area contributed by atoms with Crippen molar-refractivity contribution in [2.75, 3.05) is 12.4 Å². The molecule has 198 valence electrons. The first kappa shape index (κ1) is 25.1. The number of methoxy groups -OCH3 is 1. The Kier molecular flexibility index (Phi) is 5.91. The zero-order valence-corrected chi connectivity index (χ0v) is 22.3. The van der Waals surface area contributed by atoms with Crippen LogP contribution in [0, 0.1) is 18.3 Å². The highest BCUT2D eigenvalue weighted by Crippen LogP contribution is 2.64. The standard InChI is InChI=1S/C26H24ClF2N5O3S/c1-13-3-15(16-4-21(27)31-8-19(16)37-2)17(7-30-13)22(35)33-24-32-18-9-34(10-20(18)38-24)23(36)14-5-25(6-14)11-26(28,29)12-25/h3-4,7-8,14H,5-6,9-12H2,1-2H3,(H,32,33,35). The number of halogens is 3. The molecule has 3 aromatic heterocycles. The predicted molar refractivity (Wildman–Crippen MR) is 137 cm³/mol. The van der Waals surface area contributed by atoms with Crippen molar-refractivity contribution >= 4 is 39.9 Å². The van der Waals surface area contributed by atoms with Gasteiger partial charge in [-0.15, -0.1) is 0 Å². The fourth-order valence-electron chi connectivity index (χ4n) is 5.92. The van der Waals surface area contributed by atoms with Crippen LogP contribution in [-0.4, -0.2) is 44.7 Å². The molecule has 8 nitrogen and oxygen atoms in total. The van der Waals surface area contributed by atoms with Crippen molar-refractivity contribution in [3.63, 3.8) is 0 Å². The summed E-state index contributed by atoms with van der Waals surface area (Å²) in [5.74, 6) is -2.67. The Hall–Kier alpha value is -3.18. The van der Waals surface area contributed by atoms with Crippen molar-refractivity contribution in [2.24, 2.45) is 11.3 Å². The summed E-state index contributed by atoms with van der Waals surface area (Å²) >= 11 is 7.44. The number of pyridine rings is 2. The van der Waals surface area contributed by atoms with Gasteiger partial charge in [-0.25, -0.2) is 18.7 Å². The lowest BCUT2D eigenvalue weighted by Gasteiger charge is -2.57. The minimum absolute atomic E-state index is 0.00181. The van der Waals surface area contributed by atoms with Gasteiger partial charge in [-0.3, -0.25) is 19.9 Å². The van der Waals surface area contributed by atoms with E-state index in [1.165, 1.54) is 30.8 Å². The van der Waals surface area contributed by atoms with E-state index < -0.39 is 5.92 Å². The summed E-state index contributed by atoms with van der Waals surface area (Å²) in [6.07, 6.45) is 3.89. The molecule has 2 aliphatic carbocycles. The minimum Gasteiger partial charge on any atom is -0.494 e. The van der Waals surface area contributed by atoms with Crippen LogP contribution in [0.1, 0.15) is 52.3 Å². The third-order valence-electron chi connectivity index (χ3n) is 7.59. The monoisotopic (exact) mass is 559 g/mol. The molecule has 2 fully saturated rings. The zero-order valence-electron chi connectivity index (χ0n) is 20.7. The van der Waals surface area contributed by atoms with Crippen molar-refractivity contribution in [1.82, 2.24) is 19.9 Å². The lowest BCUT2D eigenvalue weighted by molar-refractivity contribution is -0.210. The fraction of sp³-hybridized carbons (Fsp3) is 0.423. The Bertz CT molecular complexity index is 1440. The number of aryl methyl sites for hydroxylation is 1. The van der Waals surface area contributed by atoms with Gasteiger partial charge in [0.1, 0.15) is 10.9 Å². The minimum atomic E-state index is -2.57. The van der Waals surface area contributed by atoms with Gasteiger partial charge in [0.25, 0.3) is 5.91 Å². The molecule has 1 aliphatic heterocycles. The number of carbonyl (C=O) groups excluding carboxylic acids is 2. The van der Waals surface area contributed by atoms with Crippen LogP contribution in [-0.2, 0) is 17.9 Å². The van der Waals surface area contributed by atoms with Crippen LogP contribution in [0.4, 0.5) is 13.9 Å². The van der Waals surface area contributed by atoms with E-state index in [1.807, 2.05) is 6.92 Å². The number of thiazole rings is 1. The number of nitrogens with zero attached hydrogens (tertiary/aromatic N) is 4. The number of carbonyl (C=O) groups is 2. The SMILES string of the molecule is COc1cnc(Cl)cc1-c1cc(C)ncc1C(=O)Nc1nc2c(s1)CN(C(=O)C1CC3(C1)CC(F)(F)C3)C2. The Labute approximate surface area is 226 Å². The summed E-state index contributed by atoms with van der Waals surface area (Å²) in [6.45, 7) is 2.58. The quantitative estimate of drug-likeness (QED) is 0.415. The Morgan fingerprint density at radius 3 is 2.61 bits per heavy atom. The molecule has 4 heterocycles. The number of hydrogen-bond donors (Lipinski definition) is 1. The molecule has 3 aromatic rings. The summed E-state index contributed by atoms with van der Waals surface area (Å²) in [4.78, 5) is 41.7. The third-order valence-corrected chi connectivity index (χ3v) is 8.79. The van der Waals surface area contributed by atoms with Gasteiger partial charge >= 0.3 is 0 Å². The van der Waals surface area contributed by atoms with E-state index in [-0.39, 0.29) is 41.1 Å². The molecule has 1 N–H and O–H groups in total. The van der Waals surface area contributed by atoms with Crippen LogP contribution in [0.2, 0.25) is 5.15 Å². The van der Waals surface area contributed by atoms with Crippen molar-refractivity contribution in [3.8, 4) is 16.9 Å². The van der Waals surface area contributed by atoms with Gasteiger partial charge in [0.15, 0.2) is 5.13 Å². The van der Waals surface area contributed by atoms with Crippen molar-refractivity contribution in [1.29, 1.82) is 0 Å². The maximum Gasteiger partial charge on any atom is 0.259 e. The number of ether oxygens (including phenoxy) is 1. The van der Waals surface area contributed by atoms with Crippen molar-refractivity contribution in [3.05, 3.63) is 51.5 Å². The first-order valence-electron chi connectivity index (χ1n) is 12.2. The summed E-state index contributed by atoms with van der Waals surface area (Å²) < 4.78 is 32.0. The average molecular weight is 560 g/mol. The summed E-state index contributed by atoms with van der Waals surface area (Å²) in [6, 6.07) is 3.42. The molecular weight excluding hydrogens is 536 g/mol. The molecule has 1 spiro atoms. The van der Waals surface area contributed by atoms with Gasteiger partial charge in [0.05, 0.1) is 42.5 Å². The van der Waals surface area contributed by atoms with Gasteiger partial charge in [-0.1, -0.05) is 22.9 Å². The van der Waals surface area contributed by atoms with E-state index in [2.05, 4.69) is 20.3 Å².